The number of carbonyl (C=O) groups is 2. The molecule has 0 aromatic heterocycles. The van der Waals surface area contributed by atoms with E-state index in [4.69, 9.17) is 15.2 Å². The third-order valence-corrected chi connectivity index (χ3v) is 5.94. The van der Waals surface area contributed by atoms with Gasteiger partial charge in [-0.15, -0.1) is 0 Å². The van der Waals surface area contributed by atoms with Gasteiger partial charge in [0, 0.05) is 37.4 Å². The number of amides is 2. The van der Waals surface area contributed by atoms with Gasteiger partial charge in [0.25, 0.3) is 0 Å². The molecule has 3 heterocycles. The maximum atomic E-state index is 12.9. The number of piperidine rings is 1. The van der Waals surface area contributed by atoms with Crippen molar-refractivity contribution in [3.05, 3.63) is 18.2 Å². The van der Waals surface area contributed by atoms with Gasteiger partial charge < -0.3 is 25.0 Å². The summed E-state index contributed by atoms with van der Waals surface area (Å²) in [4.78, 5) is 29.3. The van der Waals surface area contributed by atoms with Gasteiger partial charge >= 0.3 is 0 Å². The molecule has 3 aliphatic heterocycles. The van der Waals surface area contributed by atoms with Gasteiger partial charge in [0.15, 0.2) is 11.5 Å². The molecule has 0 aliphatic carbocycles. The minimum atomic E-state index is -0.579. The van der Waals surface area contributed by atoms with E-state index in [1.807, 2.05) is 30.0 Å². The maximum absolute atomic E-state index is 12.9. The molecule has 3 aliphatic rings. The molecule has 2 N–H and O–H groups in total. The van der Waals surface area contributed by atoms with Crippen molar-refractivity contribution >= 4 is 17.5 Å². The number of rotatable bonds is 3. The molecule has 4 rings (SSSR count). The highest BCUT2D eigenvalue weighted by Gasteiger charge is 2.40. The third kappa shape index (κ3) is 3.48. The number of likely N-dealkylation sites (tertiary alicyclic amines) is 1. The van der Waals surface area contributed by atoms with Gasteiger partial charge in [-0.25, -0.2) is 0 Å². The van der Waals surface area contributed by atoms with Crippen LogP contribution >= 0.6 is 0 Å². The third-order valence-electron chi connectivity index (χ3n) is 5.94. The van der Waals surface area contributed by atoms with E-state index in [9.17, 15) is 9.59 Å². The molecular formula is C20H27N3O4. The summed E-state index contributed by atoms with van der Waals surface area (Å²) in [6, 6.07) is 5.66. The standard InChI is InChI=1S/C20H27N3O4/c1-13(21)14-4-7-22(8-5-14)19(24)16-6-9-23(20(16)25)15-2-3-17-18(12-15)27-11-10-26-17/h2-3,12-14,16H,4-11,21H2,1H3. The van der Waals surface area contributed by atoms with E-state index in [-0.39, 0.29) is 17.9 Å². The topological polar surface area (TPSA) is 85.1 Å². The van der Waals surface area contributed by atoms with E-state index in [0.717, 1.165) is 18.5 Å². The van der Waals surface area contributed by atoms with E-state index in [0.29, 0.717) is 56.7 Å². The molecule has 7 heteroatoms. The summed E-state index contributed by atoms with van der Waals surface area (Å²) in [5.74, 6) is 1.07. The number of nitrogens with zero attached hydrogens (tertiary/aromatic N) is 2. The minimum Gasteiger partial charge on any atom is -0.486 e. The second kappa shape index (κ2) is 7.38. The minimum absolute atomic E-state index is 0.0387. The van der Waals surface area contributed by atoms with Crippen LogP contribution in [0.15, 0.2) is 18.2 Å². The van der Waals surface area contributed by atoms with E-state index < -0.39 is 5.92 Å². The lowest BCUT2D eigenvalue weighted by Crippen LogP contribution is -2.46. The molecule has 0 radical (unpaired) electrons. The predicted octanol–water partition coefficient (Wildman–Crippen LogP) is 1.40. The number of anilines is 1. The van der Waals surface area contributed by atoms with Crippen LogP contribution in [0.1, 0.15) is 26.2 Å². The summed E-state index contributed by atoms with van der Waals surface area (Å²) >= 11 is 0. The lowest BCUT2D eigenvalue weighted by molar-refractivity contribution is -0.141. The first-order valence-corrected chi connectivity index (χ1v) is 9.80. The van der Waals surface area contributed by atoms with Crippen LogP contribution in [0.5, 0.6) is 11.5 Å². The molecule has 2 saturated heterocycles. The summed E-state index contributed by atoms with van der Waals surface area (Å²) in [5.41, 5.74) is 6.74. The molecular weight excluding hydrogens is 346 g/mol. The number of hydrogen-bond donors (Lipinski definition) is 1. The number of nitrogens with two attached hydrogens (primary N) is 1. The van der Waals surface area contributed by atoms with E-state index in [1.54, 1.807) is 4.90 Å². The van der Waals surface area contributed by atoms with E-state index >= 15 is 0 Å². The molecule has 1 aromatic rings. The number of carbonyl (C=O) groups excluding carboxylic acids is 2. The van der Waals surface area contributed by atoms with Gasteiger partial charge in [0.1, 0.15) is 19.1 Å². The van der Waals surface area contributed by atoms with Crippen LogP contribution in [0.2, 0.25) is 0 Å². The Bertz CT molecular complexity index is 728. The fourth-order valence-electron chi connectivity index (χ4n) is 4.23. The van der Waals surface area contributed by atoms with Crippen LogP contribution in [-0.4, -0.2) is 55.6 Å². The van der Waals surface area contributed by atoms with Crippen molar-refractivity contribution in [1.82, 2.24) is 4.90 Å². The van der Waals surface area contributed by atoms with Crippen molar-refractivity contribution in [2.24, 2.45) is 17.6 Å². The van der Waals surface area contributed by atoms with Crippen LogP contribution in [-0.2, 0) is 9.59 Å². The van der Waals surface area contributed by atoms with Gasteiger partial charge in [-0.3, -0.25) is 9.59 Å². The predicted molar refractivity (Wildman–Crippen MR) is 101 cm³/mol. The van der Waals surface area contributed by atoms with Gasteiger partial charge in [0.2, 0.25) is 11.8 Å². The summed E-state index contributed by atoms with van der Waals surface area (Å²) in [6.45, 7) is 4.99. The number of fused-ring (bicyclic) bond motifs is 1. The zero-order valence-electron chi connectivity index (χ0n) is 15.7. The average Bonchev–Trinajstić information content (AvgIpc) is 3.08. The number of benzene rings is 1. The molecule has 0 spiro atoms. The highest BCUT2D eigenvalue weighted by atomic mass is 16.6. The summed E-state index contributed by atoms with van der Waals surface area (Å²) in [6.07, 6.45) is 2.38. The molecule has 2 atom stereocenters. The Morgan fingerprint density at radius 2 is 1.81 bits per heavy atom. The molecule has 0 bridgehead atoms. The first kappa shape index (κ1) is 18.1. The monoisotopic (exact) mass is 373 g/mol. The Kier molecular flexibility index (Phi) is 4.95. The Labute approximate surface area is 159 Å². The van der Waals surface area contributed by atoms with Crippen molar-refractivity contribution < 1.29 is 19.1 Å². The Morgan fingerprint density at radius 3 is 2.52 bits per heavy atom. The Hall–Kier alpha value is -2.28. The largest absolute Gasteiger partial charge is 0.486 e. The molecule has 2 unspecified atom stereocenters. The summed E-state index contributed by atoms with van der Waals surface area (Å²) < 4.78 is 11.1. The van der Waals surface area contributed by atoms with Crippen molar-refractivity contribution in [3.63, 3.8) is 0 Å². The summed E-state index contributed by atoms with van der Waals surface area (Å²) in [5, 5.41) is 0. The maximum Gasteiger partial charge on any atom is 0.239 e. The van der Waals surface area contributed by atoms with Crippen LogP contribution in [0, 0.1) is 11.8 Å². The van der Waals surface area contributed by atoms with Gasteiger partial charge in [-0.05, 0) is 44.2 Å². The molecule has 2 fully saturated rings. The Morgan fingerprint density at radius 1 is 1.11 bits per heavy atom. The van der Waals surface area contributed by atoms with Gasteiger partial charge in [-0.1, -0.05) is 0 Å². The van der Waals surface area contributed by atoms with Crippen LogP contribution in [0.4, 0.5) is 5.69 Å². The second-order valence-electron chi connectivity index (χ2n) is 7.68. The van der Waals surface area contributed by atoms with Crippen molar-refractivity contribution in [1.29, 1.82) is 0 Å². The smallest absolute Gasteiger partial charge is 0.239 e. The lowest BCUT2D eigenvalue weighted by Gasteiger charge is -2.34. The van der Waals surface area contributed by atoms with Crippen LogP contribution in [0.3, 0.4) is 0 Å². The van der Waals surface area contributed by atoms with Crippen molar-refractivity contribution in [2.75, 3.05) is 37.7 Å². The van der Waals surface area contributed by atoms with E-state index in [2.05, 4.69) is 0 Å². The fraction of sp³-hybridized carbons (Fsp3) is 0.600. The van der Waals surface area contributed by atoms with E-state index in [1.165, 1.54) is 0 Å². The Balaban J connectivity index is 1.42. The molecule has 146 valence electrons. The number of hydrogen-bond acceptors (Lipinski definition) is 5. The van der Waals surface area contributed by atoms with Crippen molar-refractivity contribution in [3.8, 4) is 11.5 Å². The molecule has 7 nitrogen and oxygen atoms in total. The zero-order chi connectivity index (χ0) is 19.0. The molecule has 27 heavy (non-hydrogen) atoms. The molecule has 2 amide bonds. The molecule has 0 saturated carbocycles. The highest BCUT2D eigenvalue weighted by molar-refractivity contribution is 6.09. The lowest BCUT2D eigenvalue weighted by atomic mass is 9.90. The fourth-order valence-corrected chi connectivity index (χ4v) is 4.23. The van der Waals surface area contributed by atoms with Crippen LogP contribution < -0.4 is 20.1 Å². The average molecular weight is 373 g/mol. The SMILES string of the molecule is CC(N)C1CCN(C(=O)C2CCN(c3ccc4c(c3)OCCO4)C2=O)CC1. The quantitative estimate of drug-likeness (QED) is 0.810. The summed E-state index contributed by atoms with van der Waals surface area (Å²) in [7, 11) is 0. The van der Waals surface area contributed by atoms with Crippen LogP contribution in [0.25, 0.3) is 0 Å². The van der Waals surface area contributed by atoms with Gasteiger partial charge in [-0.2, -0.15) is 0 Å². The zero-order valence-corrected chi connectivity index (χ0v) is 15.7. The number of ether oxygens (including phenoxy) is 2. The normalized spacial score (nSPS) is 24.2. The molecule has 1 aromatic carbocycles. The highest BCUT2D eigenvalue weighted by Crippen LogP contribution is 2.36. The first-order chi connectivity index (χ1) is 13.0. The first-order valence-electron chi connectivity index (χ1n) is 9.80. The van der Waals surface area contributed by atoms with Crippen molar-refractivity contribution in [2.45, 2.75) is 32.2 Å². The van der Waals surface area contributed by atoms with Gasteiger partial charge in [0.05, 0.1) is 0 Å². The second-order valence-corrected chi connectivity index (χ2v) is 7.68.